The van der Waals surface area contributed by atoms with Gasteiger partial charge >= 0.3 is 0 Å². The van der Waals surface area contributed by atoms with Crippen LogP contribution in [0.5, 0.6) is 0 Å². The van der Waals surface area contributed by atoms with E-state index in [2.05, 4.69) is 5.32 Å². The molecule has 0 saturated carbocycles. The second-order valence-electron chi connectivity index (χ2n) is 2.71. The summed E-state index contributed by atoms with van der Waals surface area (Å²) < 4.78 is 0. The van der Waals surface area contributed by atoms with Gasteiger partial charge in [0.05, 0.1) is 12.2 Å². The Morgan fingerprint density at radius 1 is 1.27 bits per heavy atom. The van der Waals surface area contributed by atoms with Crippen LogP contribution in [0.15, 0.2) is 0 Å². The highest BCUT2D eigenvalue weighted by Gasteiger charge is 2.36. The molecule has 4 N–H and O–H groups in total. The predicted octanol–water partition coefficient (Wildman–Crippen LogP) is -0.954. The van der Waals surface area contributed by atoms with Crippen LogP contribution in [0.4, 0.5) is 0 Å². The van der Waals surface area contributed by atoms with Gasteiger partial charge in [-0.2, -0.15) is 0 Å². The highest BCUT2D eigenvalue weighted by molar-refractivity contribution is 4.85. The minimum atomic E-state index is -1.59. The van der Waals surface area contributed by atoms with E-state index in [9.17, 15) is 5.11 Å². The summed E-state index contributed by atoms with van der Waals surface area (Å²) in [5.74, 6) is 0. The summed E-state index contributed by atoms with van der Waals surface area (Å²) in [6, 6.07) is 0. The lowest BCUT2D eigenvalue weighted by Crippen LogP contribution is -2.60. The molecule has 4 nitrogen and oxygen atoms in total. The second-order valence-corrected chi connectivity index (χ2v) is 2.71. The highest BCUT2D eigenvalue weighted by Crippen LogP contribution is 2.11. The van der Waals surface area contributed by atoms with Crippen molar-refractivity contribution >= 4 is 0 Å². The molecule has 0 aliphatic heterocycles. The second kappa shape index (κ2) is 4.01. The molecule has 0 aromatic rings. The number of hydrogen-bond acceptors (Lipinski definition) is 4. The molecule has 0 bridgehead atoms. The Morgan fingerprint density at radius 2 is 1.64 bits per heavy atom. The maximum absolute atomic E-state index is 9.55. The van der Waals surface area contributed by atoms with Crippen molar-refractivity contribution in [1.82, 2.24) is 5.32 Å². The molecular formula is C7H17NO3. The Labute approximate surface area is 66.9 Å². The Hall–Kier alpha value is -0.160. The molecule has 0 spiro atoms. The average molecular weight is 163 g/mol. The molecule has 0 rings (SSSR count). The number of nitrogens with one attached hydrogen (secondary N) is 1. The van der Waals surface area contributed by atoms with Crippen molar-refractivity contribution in [3.8, 4) is 0 Å². The molecular weight excluding hydrogens is 146 g/mol. The Kier molecular flexibility index (Phi) is 3.96. The molecule has 0 aromatic carbocycles. The fraction of sp³-hybridized carbons (Fsp3) is 1.00. The summed E-state index contributed by atoms with van der Waals surface area (Å²) in [4.78, 5) is 0. The lowest BCUT2D eigenvalue weighted by molar-refractivity contribution is -0.153. The maximum atomic E-state index is 9.55. The van der Waals surface area contributed by atoms with Crippen molar-refractivity contribution < 1.29 is 15.3 Å². The van der Waals surface area contributed by atoms with Crippen molar-refractivity contribution in [2.75, 3.05) is 6.54 Å². The van der Waals surface area contributed by atoms with Gasteiger partial charge in [0, 0.05) is 0 Å². The van der Waals surface area contributed by atoms with E-state index in [-0.39, 0.29) is 0 Å². The quantitative estimate of drug-likeness (QED) is 0.403. The predicted molar refractivity (Wildman–Crippen MR) is 42.0 cm³/mol. The zero-order valence-electron chi connectivity index (χ0n) is 7.20. The normalized spacial score (nSPS) is 22.4. The van der Waals surface area contributed by atoms with Gasteiger partial charge in [0.1, 0.15) is 0 Å². The molecule has 0 fully saturated rings. The minimum absolute atomic E-state index is 0.492. The van der Waals surface area contributed by atoms with Crippen LogP contribution in [0.3, 0.4) is 0 Å². The molecule has 0 radical (unpaired) electrons. The topological polar surface area (TPSA) is 72.7 Å². The van der Waals surface area contributed by atoms with Crippen LogP contribution in [0.2, 0.25) is 0 Å². The summed E-state index contributed by atoms with van der Waals surface area (Å²) in [5.41, 5.74) is -1.59. The molecule has 2 atom stereocenters. The smallest absolute Gasteiger partial charge is 0.167 e. The van der Waals surface area contributed by atoms with Crippen LogP contribution < -0.4 is 5.32 Å². The summed E-state index contributed by atoms with van der Waals surface area (Å²) in [6.45, 7) is 5.13. The largest absolute Gasteiger partial charge is 0.389 e. The van der Waals surface area contributed by atoms with Crippen molar-refractivity contribution in [3.05, 3.63) is 0 Å². The summed E-state index contributed by atoms with van der Waals surface area (Å²) in [6.07, 6.45) is -2.00. The van der Waals surface area contributed by atoms with Gasteiger partial charge in [-0.05, 0) is 20.4 Å². The molecule has 68 valence electrons. The Bertz CT molecular complexity index is 106. The van der Waals surface area contributed by atoms with Crippen molar-refractivity contribution in [1.29, 1.82) is 0 Å². The molecule has 11 heavy (non-hydrogen) atoms. The van der Waals surface area contributed by atoms with Crippen LogP contribution in [0, 0.1) is 0 Å². The SMILES string of the molecule is CCNC(O)(C(C)O)C(C)O. The van der Waals surface area contributed by atoms with Crippen molar-refractivity contribution in [3.63, 3.8) is 0 Å². The van der Waals surface area contributed by atoms with E-state index in [1.807, 2.05) is 0 Å². The molecule has 0 aliphatic carbocycles. The first-order valence-electron chi connectivity index (χ1n) is 3.78. The van der Waals surface area contributed by atoms with Gasteiger partial charge in [-0.3, -0.25) is 5.32 Å². The van der Waals surface area contributed by atoms with Gasteiger partial charge in [-0.25, -0.2) is 0 Å². The zero-order valence-corrected chi connectivity index (χ0v) is 7.20. The van der Waals surface area contributed by atoms with Crippen LogP contribution in [-0.2, 0) is 0 Å². The maximum Gasteiger partial charge on any atom is 0.167 e. The number of hydrogen-bond donors (Lipinski definition) is 4. The highest BCUT2D eigenvalue weighted by atomic mass is 16.4. The monoisotopic (exact) mass is 163 g/mol. The van der Waals surface area contributed by atoms with Crippen molar-refractivity contribution in [2.24, 2.45) is 0 Å². The molecule has 2 unspecified atom stereocenters. The van der Waals surface area contributed by atoms with Crippen LogP contribution in [-0.4, -0.2) is 39.8 Å². The van der Waals surface area contributed by atoms with E-state index in [1.165, 1.54) is 13.8 Å². The van der Waals surface area contributed by atoms with E-state index in [0.717, 1.165) is 0 Å². The molecule has 0 heterocycles. The number of aliphatic hydroxyl groups is 3. The molecule has 0 aliphatic rings. The number of rotatable bonds is 4. The fourth-order valence-corrected chi connectivity index (χ4v) is 0.928. The van der Waals surface area contributed by atoms with Crippen molar-refractivity contribution in [2.45, 2.75) is 38.7 Å². The Balaban J connectivity index is 4.26. The molecule has 4 heteroatoms. The van der Waals surface area contributed by atoms with E-state index < -0.39 is 17.9 Å². The van der Waals surface area contributed by atoms with Gasteiger partial charge in [-0.1, -0.05) is 6.92 Å². The summed E-state index contributed by atoms with van der Waals surface area (Å²) in [7, 11) is 0. The first-order chi connectivity index (χ1) is 4.95. The van der Waals surface area contributed by atoms with E-state index >= 15 is 0 Å². The third kappa shape index (κ3) is 2.41. The van der Waals surface area contributed by atoms with Gasteiger partial charge in [0.2, 0.25) is 0 Å². The molecule has 0 aromatic heterocycles. The first kappa shape index (κ1) is 10.8. The standard InChI is InChI=1S/C7H17NO3/c1-4-8-7(11,5(2)9)6(3)10/h5-6,8-11H,4H2,1-3H3. The van der Waals surface area contributed by atoms with E-state index in [1.54, 1.807) is 6.92 Å². The lowest BCUT2D eigenvalue weighted by atomic mass is 10.0. The van der Waals surface area contributed by atoms with Crippen LogP contribution in [0.1, 0.15) is 20.8 Å². The van der Waals surface area contributed by atoms with Crippen LogP contribution >= 0.6 is 0 Å². The first-order valence-corrected chi connectivity index (χ1v) is 3.78. The number of likely N-dealkylation sites (N-methyl/N-ethyl adjacent to an activating group) is 1. The third-order valence-corrected chi connectivity index (χ3v) is 1.73. The average Bonchev–Trinajstić information content (AvgIpc) is 1.87. The third-order valence-electron chi connectivity index (χ3n) is 1.73. The van der Waals surface area contributed by atoms with E-state index in [4.69, 9.17) is 10.2 Å². The van der Waals surface area contributed by atoms with Gasteiger partial charge in [-0.15, -0.1) is 0 Å². The fourth-order valence-electron chi connectivity index (χ4n) is 0.928. The molecule has 0 saturated heterocycles. The number of aliphatic hydroxyl groups excluding tert-OH is 2. The van der Waals surface area contributed by atoms with Gasteiger partial charge in [0.15, 0.2) is 5.72 Å². The minimum Gasteiger partial charge on any atom is -0.389 e. The van der Waals surface area contributed by atoms with E-state index in [0.29, 0.717) is 6.54 Å². The zero-order chi connectivity index (χ0) is 9.07. The summed E-state index contributed by atoms with van der Waals surface area (Å²) in [5, 5.41) is 30.4. The van der Waals surface area contributed by atoms with Gasteiger partial charge < -0.3 is 15.3 Å². The van der Waals surface area contributed by atoms with Crippen LogP contribution in [0.25, 0.3) is 0 Å². The summed E-state index contributed by atoms with van der Waals surface area (Å²) >= 11 is 0. The van der Waals surface area contributed by atoms with Gasteiger partial charge in [0.25, 0.3) is 0 Å². The lowest BCUT2D eigenvalue weighted by Gasteiger charge is -2.34. The Morgan fingerprint density at radius 3 is 1.73 bits per heavy atom. The molecule has 0 amide bonds.